The fourth-order valence-electron chi connectivity index (χ4n) is 3.75. The Hall–Kier alpha value is -0.340. The predicted octanol–water partition coefficient (Wildman–Crippen LogP) is 5.71. The summed E-state index contributed by atoms with van der Waals surface area (Å²) < 4.78 is 1.21. The van der Waals surface area contributed by atoms with Gasteiger partial charge in [-0.25, -0.2) is 0 Å². The van der Waals surface area contributed by atoms with Gasteiger partial charge in [0.1, 0.15) is 0 Å². The summed E-state index contributed by atoms with van der Waals surface area (Å²) >= 11 is 3.66. The first kappa shape index (κ1) is 16.0. The van der Waals surface area contributed by atoms with Gasteiger partial charge in [0.05, 0.1) is 0 Å². The normalized spacial score (nSPS) is 19.4. The van der Waals surface area contributed by atoms with E-state index in [0.29, 0.717) is 11.5 Å². The van der Waals surface area contributed by atoms with Crippen LogP contribution in [0.5, 0.6) is 0 Å². The van der Waals surface area contributed by atoms with Gasteiger partial charge in [0.2, 0.25) is 0 Å². The van der Waals surface area contributed by atoms with Crippen LogP contribution in [0, 0.1) is 11.3 Å². The second-order valence-electron chi connectivity index (χ2n) is 6.93. The lowest BCUT2D eigenvalue weighted by Gasteiger charge is -2.33. The third-order valence-electron chi connectivity index (χ3n) is 4.66. The van der Waals surface area contributed by atoms with Gasteiger partial charge in [0.15, 0.2) is 0 Å². The highest BCUT2D eigenvalue weighted by molar-refractivity contribution is 9.10. The Balaban J connectivity index is 1.97. The van der Waals surface area contributed by atoms with Crippen molar-refractivity contribution in [2.24, 2.45) is 11.3 Å². The second-order valence-corrected chi connectivity index (χ2v) is 7.78. The van der Waals surface area contributed by atoms with Crippen LogP contribution in [-0.2, 0) is 0 Å². The maximum absolute atomic E-state index is 3.80. The van der Waals surface area contributed by atoms with Crippen molar-refractivity contribution in [2.45, 2.75) is 58.9 Å². The summed E-state index contributed by atoms with van der Waals surface area (Å²) in [6.45, 7) is 8.15. The standard InChI is InChI=1S/C18H28BrN/c1-14(2)12-18(10-6-7-11-18)13-20-15(3)16-8-4-5-9-17(16)19/h4-5,8-9,14-15,20H,6-7,10-13H2,1-3H3. The van der Waals surface area contributed by atoms with Crippen molar-refractivity contribution >= 4 is 15.9 Å². The fourth-order valence-corrected chi connectivity index (χ4v) is 4.38. The van der Waals surface area contributed by atoms with Crippen LogP contribution in [0.15, 0.2) is 28.7 Å². The lowest BCUT2D eigenvalue weighted by atomic mass is 9.78. The topological polar surface area (TPSA) is 12.0 Å². The van der Waals surface area contributed by atoms with Crippen LogP contribution in [-0.4, -0.2) is 6.54 Å². The Morgan fingerprint density at radius 1 is 1.15 bits per heavy atom. The molecule has 0 saturated heterocycles. The quantitative estimate of drug-likeness (QED) is 0.701. The average Bonchev–Trinajstić information content (AvgIpc) is 2.84. The molecule has 1 saturated carbocycles. The van der Waals surface area contributed by atoms with E-state index in [9.17, 15) is 0 Å². The van der Waals surface area contributed by atoms with E-state index in [1.54, 1.807) is 0 Å². The minimum atomic E-state index is 0.412. The third-order valence-corrected chi connectivity index (χ3v) is 5.38. The zero-order valence-corrected chi connectivity index (χ0v) is 14.7. The fraction of sp³-hybridized carbons (Fsp3) is 0.667. The van der Waals surface area contributed by atoms with Crippen molar-refractivity contribution in [3.63, 3.8) is 0 Å². The highest BCUT2D eigenvalue weighted by atomic mass is 79.9. The molecule has 1 aromatic carbocycles. The lowest BCUT2D eigenvalue weighted by molar-refractivity contribution is 0.217. The highest BCUT2D eigenvalue weighted by Crippen LogP contribution is 2.43. The Kier molecular flexibility index (Phi) is 5.68. The maximum atomic E-state index is 3.80. The first-order valence-corrected chi connectivity index (χ1v) is 8.79. The van der Waals surface area contributed by atoms with Crippen molar-refractivity contribution in [1.29, 1.82) is 0 Å². The first-order valence-electron chi connectivity index (χ1n) is 8.00. The molecule has 0 bridgehead atoms. The molecule has 1 atom stereocenters. The zero-order chi connectivity index (χ0) is 14.6. The van der Waals surface area contributed by atoms with E-state index in [-0.39, 0.29) is 0 Å². The molecule has 1 nitrogen and oxygen atoms in total. The van der Waals surface area contributed by atoms with Crippen LogP contribution in [0.25, 0.3) is 0 Å². The van der Waals surface area contributed by atoms with Crippen molar-refractivity contribution in [3.8, 4) is 0 Å². The summed E-state index contributed by atoms with van der Waals surface area (Å²) in [5.74, 6) is 0.800. The van der Waals surface area contributed by atoms with Gasteiger partial charge in [-0.15, -0.1) is 0 Å². The van der Waals surface area contributed by atoms with E-state index in [4.69, 9.17) is 0 Å². The average molecular weight is 338 g/mol. The number of rotatable bonds is 6. The Morgan fingerprint density at radius 2 is 1.80 bits per heavy atom. The second kappa shape index (κ2) is 7.09. The van der Waals surface area contributed by atoms with Gasteiger partial charge < -0.3 is 5.32 Å². The molecule has 0 radical (unpaired) electrons. The SMILES string of the molecule is CC(C)CC1(CNC(C)c2ccccc2Br)CCCC1. The van der Waals surface area contributed by atoms with Gasteiger partial charge in [0, 0.05) is 17.1 Å². The summed E-state index contributed by atoms with van der Waals surface area (Å²) in [6, 6.07) is 8.96. The molecule has 1 unspecified atom stereocenters. The first-order chi connectivity index (χ1) is 9.52. The van der Waals surface area contributed by atoms with E-state index in [1.165, 1.54) is 42.1 Å². The summed E-state index contributed by atoms with van der Waals surface area (Å²) in [6.07, 6.45) is 7.00. The smallest absolute Gasteiger partial charge is 0.0303 e. The largest absolute Gasteiger partial charge is 0.310 e. The van der Waals surface area contributed by atoms with Crippen LogP contribution in [0.4, 0.5) is 0 Å². The number of halogens is 1. The summed E-state index contributed by atoms with van der Waals surface area (Å²) in [4.78, 5) is 0. The number of nitrogens with one attached hydrogen (secondary N) is 1. The summed E-state index contributed by atoms with van der Waals surface area (Å²) in [5.41, 5.74) is 1.91. The van der Waals surface area contributed by atoms with Crippen LogP contribution in [0.3, 0.4) is 0 Å². The van der Waals surface area contributed by atoms with Gasteiger partial charge in [-0.2, -0.15) is 0 Å². The summed E-state index contributed by atoms with van der Waals surface area (Å²) in [5, 5.41) is 3.80. The molecule has 1 N–H and O–H groups in total. The van der Waals surface area contributed by atoms with E-state index >= 15 is 0 Å². The van der Waals surface area contributed by atoms with Crippen molar-refractivity contribution < 1.29 is 0 Å². The molecule has 1 aliphatic rings. The van der Waals surface area contributed by atoms with Crippen LogP contribution < -0.4 is 5.32 Å². The Morgan fingerprint density at radius 3 is 2.40 bits per heavy atom. The molecular formula is C18H28BrN. The molecule has 0 amide bonds. The molecular weight excluding hydrogens is 310 g/mol. The molecule has 0 heterocycles. The van der Waals surface area contributed by atoms with Crippen molar-refractivity contribution in [2.75, 3.05) is 6.54 Å². The molecule has 1 fully saturated rings. The molecule has 0 aromatic heterocycles. The molecule has 1 aromatic rings. The summed E-state index contributed by atoms with van der Waals surface area (Å²) in [7, 11) is 0. The van der Waals surface area contributed by atoms with Gasteiger partial charge in [-0.1, -0.05) is 60.8 Å². The minimum absolute atomic E-state index is 0.412. The molecule has 0 spiro atoms. The molecule has 0 aliphatic heterocycles. The molecule has 112 valence electrons. The number of benzene rings is 1. The highest BCUT2D eigenvalue weighted by Gasteiger charge is 2.34. The van der Waals surface area contributed by atoms with Crippen LogP contribution in [0.1, 0.15) is 64.5 Å². The Bertz CT molecular complexity index is 421. The number of hydrogen-bond acceptors (Lipinski definition) is 1. The number of hydrogen-bond donors (Lipinski definition) is 1. The van der Waals surface area contributed by atoms with Gasteiger partial charge >= 0.3 is 0 Å². The Labute approximate surface area is 132 Å². The maximum Gasteiger partial charge on any atom is 0.0303 e. The van der Waals surface area contributed by atoms with Crippen molar-refractivity contribution in [3.05, 3.63) is 34.3 Å². The molecule has 2 heteroatoms. The molecule has 1 aliphatic carbocycles. The van der Waals surface area contributed by atoms with Crippen molar-refractivity contribution in [1.82, 2.24) is 5.32 Å². The van der Waals surface area contributed by atoms with Crippen LogP contribution in [0.2, 0.25) is 0 Å². The predicted molar refractivity (Wildman–Crippen MR) is 90.9 cm³/mol. The van der Waals surface area contributed by atoms with Gasteiger partial charge in [0.25, 0.3) is 0 Å². The lowest BCUT2D eigenvalue weighted by Crippen LogP contribution is -2.34. The van der Waals surface area contributed by atoms with Crippen LogP contribution >= 0.6 is 15.9 Å². The van der Waals surface area contributed by atoms with Gasteiger partial charge in [-0.05, 0) is 49.1 Å². The minimum Gasteiger partial charge on any atom is -0.310 e. The third kappa shape index (κ3) is 4.08. The molecule has 2 rings (SSSR count). The van der Waals surface area contributed by atoms with E-state index in [2.05, 4.69) is 66.3 Å². The zero-order valence-electron chi connectivity index (χ0n) is 13.1. The molecule has 20 heavy (non-hydrogen) atoms. The van der Waals surface area contributed by atoms with E-state index in [1.807, 2.05) is 0 Å². The van der Waals surface area contributed by atoms with Gasteiger partial charge in [-0.3, -0.25) is 0 Å². The van der Waals surface area contributed by atoms with E-state index in [0.717, 1.165) is 12.5 Å². The van der Waals surface area contributed by atoms with E-state index < -0.39 is 0 Å². The monoisotopic (exact) mass is 337 g/mol.